The highest BCUT2D eigenvalue weighted by atomic mass is 32.2. The number of carboxylic acid groups (broad SMARTS) is 1. The average Bonchev–Trinajstić information content (AvgIpc) is 2.89. The van der Waals surface area contributed by atoms with Crippen LogP contribution in [0.1, 0.15) is 17.5 Å². The van der Waals surface area contributed by atoms with Crippen LogP contribution in [-0.4, -0.2) is 76.7 Å². The molecule has 0 radical (unpaired) electrons. The minimum atomic E-state index is -1.52. The molecule has 2 rings (SSSR count). The minimum absolute atomic E-state index is 0.0763. The Balaban J connectivity index is 2.15. The Bertz CT molecular complexity index is 1020. The number of nitrogens with one attached hydrogen (secondary N) is 3. The summed E-state index contributed by atoms with van der Waals surface area (Å²) in [6.45, 7) is -0.807. The number of carboxylic acids is 1. The maximum atomic E-state index is 13.2. The Morgan fingerprint density at radius 2 is 1.27 bits per heavy atom. The number of benzene rings is 2. The SMILES string of the molecule is CSCCC(NC(=O)C(N)Cc1ccccc1)C(=O)NC(Cc1ccccc1)C(=O)NC(CO)C(=O)O. The van der Waals surface area contributed by atoms with Gasteiger partial charge in [-0.15, -0.1) is 0 Å². The second kappa shape index (κ2) is 15.6. The molecule has 3 amide bonds. The van der Waals surface area contributed by atoms with Crippen LogP contribution in [-0.2, 0) is 32.0 Å². The third kappa shape index (κ3) is 10.2. The van der Waals surface area contributed by atoms with E-state index < -0.39 is 54.5 Å². The molecule has 0 bridgehead atoms. The van der Waals surface area contributed by atoms with Crippen molar-refractivity contribution in [2.24, 2.45) is 5.73 Å². The van der Waals surface area contributed by atoms with E-state index in [1.54, 1.807) is 30.3 Å². The lowest BCUT2D eigenvalue weighted by Crippen LogP contribution is -2.58. The van der Waals surface area contributed by atoms with Crippen LogP contribution in [0.5, 0.6) is 0 Å². The van der Waals surface area contributed by atoms with Crippen molar-refractivity contribution in [2.75, 3.05) is 18.6 Å². The number of carbonyl (C=O) groups is 4. The molecule has 0 heterocycles. The molecule has 0 spiro atoms. The van der Waals surface area contributed by atoms with E-state index in [-0.39, 0.29) is 6.42 Å². The van der Waals surface area contributed by atoms with E-state index in [2.05, 4.69) is 16.0 Å². The molecule has 4 atom stereocenters. The maximum Gasteiger partial charge on any atom is 0.328 e. The van der Waals surface area contributed by atoms with Gasteiger partial charge in [0.2, 0.25) is 17.7 Å². The van der Waals surface area contributed by atoms with Gasteiger partial charge in [0.15, 0.2) is 0 Å². The molecule has 0 saturated carbocycles. The van der Waals surface area contributed by atoms with Crippen LogP contribution in [0, 0.1) is 0 Å². The van der Waals surface area contributed by atoms with Crippen LogP contribution in [0.25, 0.3) is 0 Å². The minimum Gasteiger partial charge on any atom is -0.480 e. The van der Waals surface area contributed by atoms with Gasteiger partial charge in [-0.2, -0.15) is 11.8 Å². The predicted molar refractivity (Wildman–Crippen MR) is 142 cm³/mol. The number of thioether (sulfide) groups is 1. The van der Waals surface area contributed by atoms with Gasteiger partial charge in [-0.25, -0.2) is 4.79 Å². The first-order chi connectivity index (χ1) is 17.7. The van der Waals surface area contributed by atoms with Crippen LogP contribution >= 0.6 is 11.8 Å². The van der Waals surface area contributed by atoms with Crippen molar-refractivity contribution < 1.29 is 29.4 Å². The molecule has 0 saturated heterocycles. The summed E-state index contributed by atoms with van der Waals surface area (Å²) < 4.78 is 0. The van der Waals surface area contributed by atoms with E-state index >= 15 is 0 Å². The van der Waals surface area contributed by atoms with E-state index in [1.165, 1.54) is 11.8 Å². The Labute approximate surface area is 220 Å². The Hall–Kier alpha value is -3.41. The Morgan fingerprint density at radius 1 is 0.784 bits per heavy atom. The van der Waals surface area contributed by atoms with E-state index in [4.69, 9.17) is 5.73 Å². The van der Waals surface area contributed by atoms with Crippen LogP contribution in [0.2, 0.25) is 0 Å². The fourth-order valence-corrected chi connectivity index (χ4v) is 4.00. The topological polar surface area (TPSA) is 171 Å². The van der Waals surface area contributed by atoms with Crippen LogP contribution in [0.3, 0.4) is 0 Å². The average molecular weight is 531 g/mol. The molecule has 0 aliphatic heterocycles. The van der Waals surface area contributed by atoms with Crippen molar-refractivity contribution in [1.29, 1.82) is 0 Å². The zero-order chi connectivity index (χ0) is 27.2. The number of aliphatic hydroxyl groups excluding tert-OH is 1. The Morgan fingerprint density at radius 3 is 1.78 bits per heavy atom. The fraction of sp³-hybridized carbons (Fsp3) is 0.385. The summed E-state index contributed by atoms with van der Waals surface area (Å²) in [7, 11) is 0. The number of nitrogens with two attached hydrogens (primary N) is 1. The van der Waals surface area contributed by atoms with Crippen LogP contribution < -0.4 is 21.7 Å². The lowest BCUT2D eigenvalue weighted by molar-refractivity contribution is -0.143. The van der Waals surface area contributed by atoms with Crippen molar-refractivity contribution >= 4 is 35.5 Å². The zero-order valence-electron chi connectivity index (χ0n) is 20.6. The first kappa shape index (κ1) is 29.8. The largest absolute Gasteiger partial charge is 0.480 e. The number of aliphatic hydroxyl groups is 1. The summed E-state index contributed by atoms with van der Waals surface area (Å²) in [6, 6.07) is 13.6. The predicted octanol–water partition coefficient (Wildman–Crippen LogP) is 0.0835. The molecule has 200 valence electrons. The molecule has 11 heteroatoms. The molecule has 0 aliphatic carbocycles. The van der Waals surface area contributed by atoms with Gasteiger partial charge >= 0.3 is 5.97 Å². The monoisotopic (exact) mass is 530 g/mol. The van der Waals surface area contributed by atoms with Crippen LogP contribution in [0.15, 0.2) is 60.7 Å². The quantitative estimate of drug-likeness (QED) is 0.188. The highest BCUT2D eigenvalue weighted by Crippen LogP contribution is 2.08. The van der Waals surface area contributed by atoms with Crippen molar-refractivity contribution in [1.82, 2.24) is 16.0 Å². The van der Waals surface area contributed by atoms with Gasteiger partial charge in [-0.3, -0.25) is 14.4 Å². The second-order valence-corrected chi connectivity index (χ2v) is 9.46. The van der Waals surface area contributed by atoms with Gasteiger partial charge in [-0.05, 0) is 36.0 Å². The highest BCUT2D eigenvalue weighted by Gasteiger charge is 2.30. The van der Waals surface area contributed by atoms with E-state index in [0.717, 1.165) is 11.1 Å². The van der Waals surface area contributed by atoms with E-state index in [1.807, 2.05) is 36.6 Å². The molecular formula is C26H34N4O6S. The summed E-state index contributed by atoms with van der Waals surface area (Å²) >= 11 is 1.49. The number of rotatable bonds is 15. The normalized spacial score (nSPS) is 14.0. The van der Waals surface area contributed by atoms with Gasteiger partial charge in [0, 0.05) is 6.42 Å². The molecule has 7 N–H and O–H groups in total. The standard InChI is InChI=1S/C26H34N4O6S/c1-37-13-12-20(28-23(32)19(27)14-17-8-4-2-5-9-17)24(33)29-21(15-18-10-6-3-7-11-18)25(34)30-22(16-31)26(35)36/h2-11,19-22,31H,12-16,27H2,1H3,(H,28,32)(H,29,33)(H,30,34)(H,35,36). The first-order valence-electron chi connectivity index (χ1n) is 11.8. The molecule has 0 fully saturated rings. The van der Waals surface area contributed by atoms with E-state index in [0.29, 0.717) is 18.6 Å². The highest BCUT2D eigenvalue weighted by molar-refractivity contribution is 7.98. The Kier molecular flexibility index (Phi) is 12.6. The second-order valence-electron chi connectivity index (χ2n) is 8.47. The van der Waals surface area contributed by atoms with Gasteiger partial charge in [0.25, 0.3) is 0 Å². The molecular weight excluding hydrogens is 496 g/mol. The fourth-order valence-electron chi connectivity index (χ4n) is 3.53. The zero-order valence-corrected chi connectivity index (χ0v) is 21.4. The number of carbonyl (C=O) groups excluding carboxylic acids is 3. The molecule has 2 aromatic rings. The first-order valence-corrected chi connectivity index (χ1v) is 13.2. The van der Waals surface area contributed by atoms with Gasteiger partial charge in [0.05, 0.1) is 12.6 Å². The number of amides is 3. The van der Waals surface area contributed by atoms with Gasteiger partial charge in [0.1, 0.15) is 18.1 Å². The van der Waals surface area contributed by atoms with Crippen LogP contribution in [0.4, 0.5) is 0 Å². The summed E-state index contributed by atoms with van der Waals surface area (Å²) in [6.07, 6.45) is 2.53. The third-order valence-electron chi connectivity index (χ3n) is 5.59. The van der Waals surface area contributed by atoms with E-state index in [9.17, 15) is 29.4 Å². The summed E-state index contributed by atoms with van der Waals surface area (Å²) in [4.78, 5) is 50.2. The number of hydrogen-bond donors (Lipinski definition) is 6. The number of aliphatic carboxylic acids is 1. The summed E-state index contributed by atoms with van der Waals surface area (Å²) in [5.74, 6) is -2.71. The molecule has 37 heavy (non-hydrogen) atoms. The molecule has 0 aliphatic rings. The van der Waals surface area contributed by atoms with Crippen molar-refractivity contribution in [3.8, 4) is 0 Å². The third-order valence-corrected chi connectivity index (χ3v) is 6.24. The lowest BCUT2D eigenvalue weighted by Gasteiger charge is -2.25. The number of hydrogen-bond acceptors (Lipinski definition) is 7. The molecule has 4 unspecified atom stereocenters. The molecule has 2 aromatic carbocycles. The van der Waals surface area contributed by atoms with Gasteiger partial charge in [-0.1, -0.05) is 60.7 Å². The maximum absolute atomic E-state index is 13.2. The molecule has 0 aromatic heterocycles. The smallest absolute Gasteiger partial charge is 0.328 e. The van der Waals surface area contributed by atoms with Gasteiger partial charge < -0.3 is 31.9 Å². The molecule has 10 nitrogen and oxygen atoms in total. The van der Waals surface area contributed by atoms with Crippen molar-refractivity contribution in [2.45, 2.75) is 43.4 Å². The summed E-state index contributed by atoms with van der Waals surface area (Å²) in [5, 5.41) is 26.1. The summed E-state index contributed by atoms with van der Waals surface area (Å²) in [5.41, 5.74) is 7.70. The van der Waals surface area contributed by atoms with Crippen molar-refractivity contribution in [3.63, 3.8) is 0 Å². The lowest BCUT2D eigenvalue weighted by atomic mass is 10.0. The van der Waals surface area contributed by atoms with Crippen molar-refractivity contribution in [3.05, 3.63) is 71.8 Å².